The molecule has 22 heavy (non-hydrogen) atoms. The summed E-state index contributed by atoms with van der Waals surface area (Å²) in [6, 6.07) is 9.00. The van der Waals surface area contributed by atoms with E-state index in [0.717, 1.165) is 21.5 Å². The van der Waals surface area contributed by atoms with Crippen LogP contribution in [-0.4, -0.2) is 22.3 Å². The Hall–Kier alpha value is -1.85. The first-order valence-corrected chi connectivity index (χ1v) is 7.81. The number of imidazole rings is 1. The largest absolute Gasteiger partial charge is 0.311 e. The molecule has 0 saturated carbocycles. The van der Waals surface area contributed by atoms with Crippen molar-refractivity contribution >= 4 is 44.8 Å². The summed E-state index contributed by atoms with van der Waals surface area (Å²) in [6.45, 7) is 1.95. The Labute approximate surface area is 141 Å². The number of carbonyl (C=O) groups is 1. The Morgan fingerprint density at radius 1 is 1.32 bits per heavy atom. The van der Waals surface area contributed by atoms with Gasteiger partial charge in [-0.1, -0.05) is 11.6 Å². The standard InChI is InChI=1S/C16H13BrClN3O/c1-10-8-19-15-7-14(17)13(9-21(10)15)16(22)20(2)12-5-3-11(18)4-6-12/h3-9H,1-2H3. The Morgan fingerprint density at radius 2 is 2.00 bits per heavy atom. The number of halogens is 2. The summed E-state index contributed by atoms with van der Waals surface area (Å²) in [7, 11) is 1.74. The van der Waals surface area contributed by atoms with Crippen LogP contribution in [0.2, 0.25) is 5.02 Å². The molecule has 0 atom stereocenters. The summed E-state index contributed by atoms with van der Waals surface area (Å²) in [5, 5.41) is 0.640. The topological polar surface area (TPSA) is 37.6 Å². The van der Waals surface area contributed by atoms with Crippen molar-refractivity contribution in [1.82, 2.24) is 9.38 Å². The van der Waals surface area contributed by atoms with Crippen LogP contribution in [0.15, 0.2) is 47.2 Å². The van der Waals surface area contributed by atoms with Crippen LogP contribution in [0.5, 0.6) is 0 Å². The van der Waals surface area contributed by atoms with Crippen LogP contribution in [0.4, 0.5) is 5.69 Å². The summed E-state index contributed by atoms with van der Waals surface area (Å²) < 4.78 is 2.62. The number of benzene rings is 1. The van der Waals surface area contributed by atoms with Crippen molar-refractivity contribution in [1.29, 1.82) is 0 Å². The van der Waals surface area contributed by atoms with Gasteiger partial charge in [-0.3, -0.25) is 4.79 Å². The summed E-state index contributed by atoms with van der Waals surface area (Å²) >= 11 is 9.35. The Balaban J connectivity index is 2.02. The molecule has 0 fully saturated rings. The first-order valence-electron chi connectivity index (χ1n) is 6.64. The number of aromatic nitrogens is 2. The monoisotopic (exact) mass is 377 g/mol. The quantitative estimate of drug-likeness (QED) is 0.665. The first kappa shape index (κ1) is 15.1. The summed E-state index contributed by atoms with van der Waals surface area (Å²) in [5.41, 5.74) is 3.13. The second kappa shape index (κ2) is 5.74. The molecule has 3 aromatic rings. The van der Waals surface area contributed by atoms with Crippen LogP contribution in [0.1, 0.15) is 16.1 Å². The lowest BCUT2D eigenvalue weighted by Crippen LogP contribution is -2.26. The van der Waals surface area contributed by atoms with E-state index in [-0.39, 0.29) is 5.91 Å². The number of aryl methyl sites for hydroxylation is 1. The molecule has 2 aromatic heterocycles. The van der Waals surface area contributed by atoms with Crippen molar-refractivity contribution in [3.8, 4) is 0 Å². The van der Waals surface area contributed by atoms with Gasteiger partial charge in [0.25, 0.3) is 5.91 Å². The molecule has 2 heterocycles. The molecule has 0 saturated heterocycles. The number of nitrogens with zero attached hydrogens (tertiary/aromatic N) is 3. The maximum Gasteiger partial charge on any atom is 0.260 e. The van der Waals surface area contributed by atoms with Crippen molar-refractivity contribution in [3.63, 3.8) is 0 Å². The van der Waals surface area contributed by atoms with Gasteiger partial charge in [0, 0.05) is 40.3 Å². The molecule has 6 heteroatoms. The highest BCUT2D eigenvalue weighted by molar-refractivity contribution is 9.10. The minimum atomic E-state index is -0.107. The van der Waals surface area contributed by atoms with E-state index in [4.69, 9.17) is 11.6 Å². The van der Waals surface area contributed by atoms with Crippen LogP contribution in [0.25, 0.3) is 5.65 Å². The number of amides is 1. The van der Waals surface area contributed by atoms with E-state index in [1.54, 1.807) is 36.5 Å². The maximum absolute atomic E-state index is 12.8. The molecule has 0 aliphatic carbocycles. The molecule has 1 amide bonds. The Kier molecular flexibility index (Phi) is 3.93. The van der Waals surface area contributed by atoms with Gasteiger partial charge in [-0.05, 0) is 53.2 Å². The first-order chi connectivity index (χ1) is 10.5. The van der Waals surface area contributed by atoms with Crippen LogP contribution >= 0.6 is 27.5 Å². The Bertz CT molecular complexity index is 858. The zero-order chi connectivity index (χ0) is 15.9. The molecular weight excluding hydrogens is 366 g/mol. The van der Waals surface area contributed by atoms with Gasteiger partial charge in [-0.2, -0.15) is 0 Å². The third-order valence-electron chi connectivity index (χ3n) is 3.53. The molecule has 112 valence electrons. The van der Waals surface area contributed by atoms with Gasteiger partial charge in [-0.15, -0.1) is 0 Å². The van der Waals surface area contributed by atoms with E-state index >= 15 is 0 Å². The molecule has 0 spiro atoms. The summed E-state index contributed by atoms with van der Waals surface area (Å²) in [5.74, 6) is -0.107. The van der Waals surface area contributed by atoms with E-state index in [0.29, 0.717) is 10.6 Å². The molecule has 0 N–H and O–H groups in total. The number of hydrogen-bond acceptors (Lipinski definition) is 2. The molecule has 0 aliphatic rings. The highest BCUT2D eigenvalue weighted by Crippen LogP contribution is 2.24. The van der Waals surface area contributed by atoms with Crippen LogP contribution < -0.4 is 4.90 Å². The van der Waals surface area contributed by atoms with Crippen molar-refractivity contribution in [2.75, 3.05) is 11.9 Å². The van der Waals surface area contributed by atoms with Crippen LogP contribution in [0.3, 0.4) is 0 Å². The van der Waals surface area contributed by atoms with Crippen LogP contribution in [0, 0.1) is 6.92 Å². The lowest BCUT2D eigenvalue weighted by atomic mass is 10.2. The predicted octanol–water partition coefficient (Wildman–Crippen LogP) is 4.34. The summed E-state index contributed by atoms with van der Waals surface area (Å²) in [6.07, 6.45) is 3.58. The number of fused-ring (bicyclic) bond motifs is 1. The number of hydrogen-bond donors (Lipinski definition) is 0. The van der Waals surface area contributed by atoms with Gasteiger partial charge in [0.05, 0.1) is 5.56 Å². The fourth-order valence-corrected chi connectivity index (χ4v) is 2.84. The molecule has 1 aromatic carbocycles. The number of pyridine rings is 1. The normalized spacial score (nSPS) is 10.9. The summed E-state index contributed by atoms with van der Waals surface area (Å²) in [4.78, 5) is 18.6. The van der Waals surface area contributed by atoms with Gasteiger partial charge in [0.15, 0.2) is 0 Å². The van der Waals surface area contributed by atoms with Gasteiger partial charge < -0.3 is 9.30 Å². The second-order valence-corrected chi connectivity index (χ2v) is 6.29. The van der Waals surface area contributed by atoms with E-state index in [2.05, 4.69) is 20.9 Å². The average Bonchev–Trinajstić information content (AvgIpc) is 2.86. The van der Waals surface area contributed by atoms with Gasteiger partial charge >= 0.3 is 0 Å². The average molecular weight is 379 g/mol. The third-order valence-corrected chi connectivity index (χ3v) is 4.44. The van der Waals surface area contributed by atoms with Gasteiger partial charge in [0.1, 0.15) is 5.65 Å². The number of carbonyl (C=O) groups excluding carboxylic acids is 1. The second-order valence-electron chi connectivity index (χ2n) is 5.00. The Morgan fingerprint density at radius 3 is 2.68 bits per heavy atom. The van der Waals surface area contributed by atoms with Crippen molar-refractivity contribution < 1.29 is 4.79 Å². The highest BCUT2D eigenvalue weighted by atomic mass is 79.9. The molecule has 4 nitrogen and oxygen atoms in total. The molecule has 0 aliphatic heterocycles. The SMILES string of the molecule is Cc1cnc2cc(Br)c(C(=O)N(C)c3ccc(Cl)cc3)cn12. The lowest BCUT2D eigenvalue weighted by molar-refractivity contribution is 0.0992. The maximum atomic E-state index is 12.8. The van der Waals surface area contributed by atoms with E-state index in [1.165, 1.54) is 0 Å². The minimum absolute atomic E-state index is 0.107. The number of anilines is 1. The zero-order valence-electron chi connectivity index (χ0n) is 12.0. The van der Waals surface area contributed by atoms with Crippen LogP contribution in [-0.2, 0) is 0 Å². The van der Waals surface area contributed by atoms with E-state index in [1.807, 2.05) is 29.5 Å². The van der Waals surface area contributed by atoms with Crippen molar-refractivity contribution in [3.05, 3.63) is 63.5 Å². The highest BCUT2D eigenvalue weighted by Gasteiger charge is 2.18. The van der Waals surface area contributed by atoms with E-state index in [9.17, 15) is 4.79 Å². The molecule has 0 unspecified atom stereocenters. The minimum Gasteiger partial charge on any atom is -0.311 e. The van der Waals surface area contributed by atoms with Crippen molar-refractivity contribution in [2.45, 2.75) is 6.92 Å². The number of rotatable bonds is 2. The zero-order valence-corrected chi connectivity index (χ0v) is 14.4. The van der Waals surface area contributed by atoms with Crippen molar-refractivity contribution in [2.24, 2.45) is 0 Å². The molecule has 0 radical (unpaired) electrons. The fourth-order valence-electron chi connectivity index (χ4n) is 2.24. The molecule has 3 rings (SSSR count). The predicted molar refractivity (Wildman–Crippen MR) is 91.8 cm³/mol. The van der Waals surface area contributed by atoms with Gasteiger partial charge in [-0.25, -0.2) is 4.98 Å². The molecular formula is C16H13BrClN3O. The van der Waals surface area contributed by atoms with E-state index < -0.39 is 0 Å². The smallest absolute Gasteiger partial charge is 0.260 e. The third kappa shape index (κ3) is 2.62. The lowest BCUT2D eigenvalue weighted by Gasteiger charge is -2.18. The van der Waals surface area contributed by atoms with Gasteiger partial charge in [0.2, 0.25) is 0 Å². The molecule has 0 bridgehead atoms. The fraction of sp³-hybridized carbons (Fsp3) is 0.125.